The predicted molar refractivity (Wildman–Crippen MR) is 64.5 cm³/mol. The van der Waals surface area contributed by atoms with E-state index in [1.165, 1.54) is 16.9 Å². The number of thiophene rings is 1. The van der Waals surface area contributed by atoms with Gasteiger partial charge in [-0.3, -0.25) is 0 Å². The lowest BCUT2D eigenvalue weighted by Crippen LogP contribution is -2.35. The van der Waals surface area contributed by atoms with Crippen LogP contribution in [0.2, 0.25) is 0 Å². The topological polar surface area (TPSA) is 21.3 Å². The molecule has 0 spiro atoms. The normalized spacial score (nSPS) is 21.4. The third-order valence-corrected chi connectivity index (χ3v) is 4.20. The maximum atomic E-state index is 5.50. The van der Waals surface area contributed by atoms with Crippen LogP contribution >= 0.6 is 11.3 Å². The quantitative estimate of drug-likeness (QED) is 0.854. The van der Waals surface area contributed by atoms with Gasteiger partial charge in [0, 0.05) is 18.0 Å². The molecule has 1 N–H and O–H groups in total. The summed E-state index contributed by atoms with van der Waals surface area (Å²) in [5, 5.41) is 5.78. The summed E-state index contributed by atoms with van der Waals surface area (Å²) in [5.41, 5.74) is 1.48. The van der Waals surface area contributed by atoms with Crippen LogP contribution in [0.15, 0.2) is 11.4 Å². The van der Waals surface area contributed by atoms with Gasteiger partial charge in [-0.05, 0) is 50.2 Å². The van der Waals surface area contributed by atoms with E-state index in [4.69, 9.17) is 4.74 Å². The fourth-order valence-corrected chi connectivity index (χ4v) is 3.10. The van der Waals surface area contributed by atoms with Crippen LogP contribution in [0.25, 0.3) is 0 Å². The Hall–Kier alpha value is -0.380. The molecule has 3 heteroatoms. The lowest BCUT2D eigenvalue weighted by atomic mass is 9.93. The van der Waals surface area contributed by atoms with Gasteiger partial charge in [-0.2, -0.15) is 0 Å². The van der Waals surface area contributed by atoms with Gasteiger partial charge in [0.1, 0.15) is 0 Å². The van der Waals surface area contributed by atoms with E-state index in [1.54, 1.807) is 7.11 Å². The van der Waals surface area contributed by atoms with Gasteiger partial charge in [-0.25, -0.2) is 0 Å². The van der Waals surface area contributed by atoms with Crippen molar-refractivity contribution in [2.24, 2.45) is 0 Å². The highest BCUT2D eigenvalue weighted by molar-refractivity contribution is 7.10. The molecule has 84 valence electrons. The van der Waals surface area contributed by atoms with Crippen LogP contribution in [0.1, 0.15) is 36.8 Å². The van der Waals surface area contributed by atoms with Crippen molar-refractivity contribution in [1.29, 1.82) is 0 Å². The van der Waals surface area contributed by atoms with E-state index in [1.807, 2.05) is 11.3 Å². The van der Waals surface area contributed by atoms with Crippen LogP contribution in [0.4, 0.5) is 0 Å². The van der Waals surface area contributed by atoms with Crippen LogP contribution in [0, 0.1) is 0 Å². The number of fused-ring (bicyclic) bond motifs is 1. The monoisotopic (exact) mass is 225 g/mol. The van der Waals surface area contributed by atoms with Crippen molar-refractivity contribution >= 4 is 11.3 Å². The Morgan fingerprint density at radius 2 is 2.40 bits per heavy atom. The zero-order valence-corrected chi connectivity index (χ0v) is 10.5. The van der Waals surface area contributed by atoms with E-state index in [0.717, 1.165) is 13.0 Å². The van der Waals surface area contributed by atoms with E-state index in [-0.39, 0.29) is 5.60 Å². The molecule has 2 nitrogen and oxygen atoms in total. The summed E-state index contributed by atoms with van der Waals surface area (Å²) in [7, 11) is 1.79. The van der Waals surface area contributed by atoms with Crippen LogP contribution in [0.3, 0.4) is 0 Å². The number of hydrogen-bond donors (Lipinski definition) is 1. The largest absolute Gasteiger partial charge is 0.379 e. The highest BCUT2D eigenvalue weighted by atomic mass is 32.1. The van der Waals surface area contributed by atoms with Gasteiger partial charge in [0.2, 0.25) is 0 Å². The molecule has 0 aliphatic carbocycles. The molecule has 0 saturated heterocycles. The zero-order chi connectivity index (χ0) is 10.9. The molecule has 1 aliphatic heterocycles. The van der Waals surface area contributed by atoms with E-state index < -0.39 is 0 Å². The first kappa shape index (κ1) is 11.1. The van der Waals surface area contributed by atoms with Crippen LogP contribution in [0.5, 0.6) is 0 Å². The molecule has 1 aromatic rings. The molecule has 1 aromatic heterocycles. The van der Waals surface area contributed by atoms with Crippen LogP contribution in [-0.2, 0) is 11.2 Å². The molecule has 1 atom stereocenters. The van der Waals surface area contributed by atoms with E-state index in [9.17, 15) is 0 Å². The third-order valence-electron chi connectivity index (χ3n) is 3.13. The maximum Gasteiger partial charge on any atom is 0.0641 e. The van der Waals surface area contributed by atoms with Gasteiger partial charge in [0.15, 0.2) is 0 Å². The second-order valence-corrected chi connectivity index (χ2v) is 5.68. The molecule has 15 heavy (non-hydrogen) atoms. The molecule has 1 unspecified atom stereocenters. The zero-order valence-electron chi connectivity index (χ0n) is 9.67. The van der Waals surface area contributed by atoms with Gasteiger partial charge >= 0.3 is 0 Å². The molecule has 2 rings (SSSR count). The Morgan fingerprint density at radius 1 is 1.60 bits per heavy atom. The van der Waals surface area contributed by atoms with Crippen molar-refractivity contribution in [2.45, 2.75) is 38.3 Å². The number of rotatable bonds is 3. The van der Waals surface area contributed by atoms with Gasteiger partial charge in [-0.15, -0.1) is 11.3 Å². The molecule has 1 aliphatic rings. The first-order valence-electron chi connectivity index (χ1n) is 5.47. The Bertz CT molecular complexity index is 332. The number of nitrogens with one attached hydrogen (secondary N) is 1. The number of ether oxygens (including phenoxy) is 1. The van der Waals surface area contributed by atoms with Gasteiger partial charge in [-0.1, -0.05) is 0 Å². The third kappa shape index (κ3) is 2.41. The lowest BCUT2D eigenvalue weighted by Gasteiger charge is -2.31. The second-order valence-electron chi connectivity index (χ2n) is 4.73. The van der Waals surface area contributed by atoms with Crippen molar-refractivity contribution in [3.63, 3.8) is 0 Å². The Balaban J connectivity index is 2.13. The minimum Gasteiger partial charge on any atom is -0.379 e. The summed E-state index contributed by atoms with van der Waals surface area (Å²) < 4.78 is 5.50. The Morgan fingerprint density at radius 3 is 3.13 bits per heavy atom. The maximum absolute atomic E-state index is 5.50. The van der Waals surface area contributed by atoms with E-state index in [0.29, 0.717) is 6.04 Å². The standard InChI is InChI=1S/C12H19NOS/c1-12(2,14-3)8-10-11-9(4-6-13-10)5-7-15-11/h5,7,10,13H,4,6,8H2,1-3H3. The van der Waals surface area contributed by atoms with Crippen molar-refractivity contribution in [3.8, 4) is 0 Å². The highest BCUT2D eigenvalue weighted by Crippen LogP contribution is 2.34. The molecule has 0 saturated carbocycles. The average Bonchev–Trinajstić information content (AvgIpc) is 2.66. The molecule has 2 heterocycles. The molecule has 0 aromatic carbocycles. The summed E-state index contributed by atoms with van der Waals surface area (Å²) in [4.78, 5) is 1.51. The molecule has 0 bridgehead atoms. The molecular weight excluding hydrogens is 206 g/mol. The first-order chi connectivity index (χ1) is 7.12. The Labute approximate surface area is 95.6 Å². The fraction of sp³-hybridized carbons (Fsp3) is 0.667. The predicted octanol–water partition coefficient (Wildman–Crippen LogP) is 2.75. The molecule has 0 fully saturated rings. The van der Waals surface area contributed by atoms with Crippen molar-refractivity contribution in [2.75, 3.05) is 13.7 Å². The van der Waals surface area contributed by atoms with Gasteiger partial charge in [0.05, 0.1) is 5.60 Å². The number of methoxy groups -OCH3 is 1. The van der Waals surface area contributed by atoms with Gasteiger partial charge < -0.3 is 10.1 Å². The average molecular weight is 225 g/mol. The summed E-state index contributed by atoms with van der Waals surface area (Å²) in [5.74, 6) is 0. The molecule has 0 radical (unpaired) electrons. The molecule has 0 amide bonds. The van der Waals surface area contributed by atoms with Crippen LogP contribution < -0.4 is 5.32 Å². The first-order valence-corrected chi connectivity index (χ1v) is 6.35. The van der Waals surface area contributed by atoms with E-state index in [2.05, 4.69) is 30.6 Å². The second kappa shape index (κ2) is 4.24. The SMILES string of the molecule is COC(C)(C)CC1NCCc2ccsc21. The fourth-order valence-electron chi connectivity index (χ4n) is 2.07. The highest BCUT2D eigenvalue weighted by Gasteiger charge is 2.27. The van der Waals surface area contributed by atoms with Crippen molar-refractivity contribution < 1.29 is 4.74 Å². The van der Waals surface area contributed by atoms with Crippen molar-refractivity contribution in [1.82, 2.24) is 5.32 Å². The summed E-state index contributed by atoms with van der Waals surface area (Å²) in [6.07, 6.45) is 2.21. The van der Waals surface area contributed by atoms with Crippen molar-refractivity contribution in [3.05, 3.63) is 21.9 Å². The Kier molecular flexibility index (Phi) is 3.14. The van der Waals surface area contributed by atoms with Gasteiger partial charge in [0.25, 0.3) is 0 Å². The smallest absolute Gasteiger partial charge is 0.0641 e. The summed E-state index contributed by atoms with van der Waals surface area (Å²) >= 11 is 1.87. The lowest BCUT2D eigenvalue weighted by molar-refractivity contribution is 0.00667. The van der Waals surface area contributed by atoms with E-state index >= 15 is 0 Å². The minimum absolute atomic E-state index is 0.0454. The minimum atomic E-state index is -0.0454. The number of hydrogen-bond acceptors (Lipinski definition) is 3. The summed E-state index contributed by atoms with van der Waals surface area (Å²) in [6, 6.07) is 2.73. The molecular formula is C12H19NOS. The summed E-state index contributed by atoms with van der Waals surface area (Å²) in [6.45, 7) is 5.39. The van der Waals surface area contributed by atoms with Crippen LogP contribution in [-0.4, -0.2) is 19.3 Å².